The van der Waals surface area contributed by atoms with E-state index in [0.29, 0.717) is 5.56 Å². The Bertz CT molecular complexity index is 577. The van der Waals surface area contributed by atoms with Crippen molar-refractivity contribution in [3.05, 3.63) is 46.2 Å². The lowest BCUT2D eigenvalue weighted by molar-refractivity contribution is -0.287. The number of thiophene rings is 1. The van der Waals surface area contributed by atoms with Crippen molar-refractivity contribution in [2.45, 2.75) is 12.3 Å². The van der Waals surface area contributed by atoms with Crippen LogP contribution in [0.1, 0.15) is 17.2 Å². The van der Waals surface area contributed by atoms with Crippen molar-refractivity contribution in [2.75, 3.05) is 0 Å². The molecule has 0 saturated carbocycles. The molecule has 19 heavy (non-hydrogen) atoms. The maximum absolute atomic E-state index is 13.0. The van der Waals surface area contributed by atoms with Crippen LogP contribution in [0.3, 0.4) is 0 Å². The molecule has 3 rings (SSSR count). The summed E-state index contributed by atoms with van der Waals surface area (Å²) >= 11 is 1.50. The molecular formula is C12H10ClF2NO2S. The number of halogens is 3. The number of rotatable bonds is 2. The Hall–Kier alpha value is -1.37. The van der Waals surface area contributed by atoms with Crippen LogP contribution in [0, 0.1) is 0 Å². The highest BCUT2D eigenvalue weighted by Crippen LogP contribution is 2.45. The summed E-state index contributed by atoms with van der Waals surface area (Å²) in [5.74, 6) is 0.0318. The summed E-state index contributed by atoms with van der Waals surface area (Å²) in [6, 6.07) is 6.04. The molecule has 0 spiro atoms. The van der Waals surface area contributed by atoms with Crippen molar-refractivity contribution in [3.8, 4) is 11.5 Å². The Morgan fingerprint density at radius 2 is 2.00 bits per heavy atom. The van der Waals surface area contributed by atoms with Crippen LogP contribution in [0.4, 0.5) is 8.78 Å². The van der Waals surface area contributed by atoms with Gasteiger partial charge in [-0.3, -0.25) is 0 Å². The van der Waals surface area contributed by atoms with Gasteiger partial charge in [0.25, 0.3) is 0 Å². The second-order valence-electron chi connectivity index (χ2n) is 3.88. The number of fused-ring (bicyclic) bond motifs is 1. The van der Waals surface area contributed by atoms with E-state index in [2.05, 4.69) is 9.47 Å². The summed E-state index contributed by atoms with van der Waals surface area (Å²) < 4.78 is 35.0. The third kappa shape index (κ3) is 2.51. The number of hydrogen-bond acceptors (Lipinski definition) is 4. The molecule has 0 radical (unpaired) electrons. The fraction of sp³-hybridized carbons (Fsp3) is 0.167. The second-order valence-corrected chi connectivity index (χ2v) is 4.66. The summed E-state index contributed by atoms with van der Waals surface area (Å²) in [4.78, 5) is 0. The Morgan fingerprint density at radius 3 is 2.68 bits per heavy atom. The van der Waals surface area contributed by atoms with Gasteiger partial charge in [-0.05, 0) is 28.5 Å². The van der Waals surface area contributed by atoms with Crippen LogP contribution in [-0.2, 0) is 0 Å². The Balaban J connectivity index is 0.00000133. The van der Waals surface area contributed by atoms with Crippen molar-refractivity contribution in [3.63, 3.8) is 0 Å². The van der Waals surface area contributed by atoms with E-state index in [-0.39, 0.29) is 23.9 Å². The van der Waals surface area contributed by atoms with Gasteiger partial charge in [0.1, 0.15) is 0 Å². The first kappa shape index (κ1) is 14.0. The highest BCUT2D eigenvalue weighted by molar-refractivity contribution is 7.08. The number of hydrogen-bond donors (Lipinski definition) is 1. The number of para-hydroxylation sites is 1. The van der Waals surface area contributed by atoms with Crippen LogP contribution in [0.2, 0.25) is 0 Å². The van der Waals surface area contributed by atoms with E-state index in [1.165, 1.54) is 17.4 Å². The van der Waals surface area contributed by atoms with E-state index in [1.54, 1.807) is 12.1 Å². The third-order valence-electron chi connectivity index (χ3n) is 2.70. The van der Waals surface area contributed by atoms with E-state index in [9.17, 15) is 8.78 Å². The molecule has 2 N–H and O–H groups in total. The Morgan fingerprint density at radius 1 is 1.21 bits per heavy atom. The van der Waals surface area contributed by atoms with Crippen molar-refractivity contribution in [1.82, 2.24) is 0 Å². The van der Waals surface area contributed by atoms with Gasteiger partial charge in [-0.2, -0.15) is 11.3 Å². The first-order chi connectivity index (χ1) is 8.57. The molecule has 2 aromatic rings. The van der Waals surface area contributed by atoms with E-state index in [1.807, 2.05) is 16.8 Å². The largest absolute Gasteiger partial charge is 0.586 e. The van der Waals surface area contributed by atoms with Gasteiger partial charge in [0.15, 0.2) is 11.5 Å². The van der Waals surface area contributed by atoms with E-state index in [4.69, 9.17) is 5.73 Å². The van der Waals surface area contributed by atoms with Crippen LogP contribution in [0.5, 0.6) is 11.5 Å². The van der Waals surface area contributed by atoms with Gasteiger partial charge in [-0.1, -0.05) is 12.1 Å². The minimum atomic E-state index is -3.62. The summed E-state index contributed by atoms with van der Waals surface area (Å²) in [5, 5.41) is 3.75. The first-order valence-electron chi connectivity index (χ1n) is 5.23. The van der Waals surface area contributed by atoms with Crippen molar-refractivity contribution >= 4 is 23.7 Å². The molecule has 0 bridgehead atoms. The zero-order valence-corrected chi connectivity index (χ0v) is 11.1. The molecule has 1 aromatic heterocycles. The SMILES string of the molecule is Cl.N[C@H](c1ccsc1)c1cccc2c1OC(F)(F)O2. The summed E-state index contributed by atoms with van der Waals surface area (Å²) in [6.45, 7) is 0. The third-order valence-corrected chi connectivity index (χ3v) is 3.40. The van der Waals surface area contributed by atoms with Crippen molar-refractivity contribution in [1.29, 1.82) is 0 Å². The average Bonchev–Trinajstić information content (AvgIpc) is 2.91. The zero-order valence-electron chi connectivity index (χ0n) is 9.51. The van der Waals surface area contributed by atoms with E-state index >= 15 is 0 Å². The highest BCUT2D eigenvalue weighted by Gasteiger charge is 2.44. The highest BCUT2D eigenvalue weighted by atomic mass is 35.5. The minimum Gasteiger partial charge on any atom is -0.395 e. The smallest absolute Gasteiger partial charge is 0.395 e. The Kier molecular flexibility index (Phi) is 3.66. The van der Waals surface area contributed by atoms with Crippen LogP contribution in [-0.4, -0.2) is 6.29 Å². The predicted octanol–water partition coefficient (Wildman–Crippen LogP) is 3.54. The van der Waals surface area contributed by atoms with Gasteiger partial charge in [0.2, 0.25) is 0 Å². The lowest BCUT2D eigenvalue weighted by Gasteiger charge is -2.13. The van der Waals surface area contributed by atoms with E-state index in [0.717, 1.165) is 5.56 Å². The van der Waals surface area contributed by atoms with Crippen LogP contribution in [0.15, 0.2) is 35.0 Å². The standard InChI is InChI=1S/C12H9F2NO2S.ClH/c13-12(14)16-9-3-1-2-8(11(9)17-12)10(15)7-4-5-18-6-7;/h1-6,10H,15H2;1H/t10-;/m1./s1. The molecule has 1 aromatic carbocycles. The quantitative estimate of drug-likeness (QED) is 0.923. The second kappa shape index (κ2) is 4.96. The van der Waals surface area contributed by atoms with Crippen LogP contribution < -0.4 is 15.2 Å². The molecule has 102 valence electrons. The normalized spacial score (nSPS) is 16.8. The summed E-state index contributed by atoms with van der Waals surface area (Å²) in [7, 11) is 0. The number of benzene rings is 1. The molecular weight excluding hydrogens is 296 g/mol. The fourth-order valence-corrected chi connectivity index (χ4v) is 2.56. The minimum absolute atomic E-state index is 0. The predicted molar refractivity (Wildman–Crippen MR) is 70.2 cm³/mol. The van der Waals surface area contributed by atoms with Crippen molar-refractivity contribution in [2.24, 2.45) is 5.73 Å². The van der Waals surface area contributed by atoms with Gasteiger partial charge >= 0.3 is 6.29 Å². The molecule has 3 nitrogen and oxygen atoms in total. The molecule has 0 unspecified atom stereocenters. The van der Waals surface area contributed by atoms with Gasteiger partial charge in [-0.15, -0.1) is 21.2 Å². The van der Waals surface area contributed by atoms with Gasteiger partial charge in [-0.25, -0.2) is 0 Å². The maximum atomic E-state index is 13.0. The lowest BCUT2D eigenvalue weighted by atomic mass is 10.0. The van der Waals surface area contributed by atoms with E-state index < -0.39 is 12.3 Å². The number of ether oxygens (including phenoxy) is 2. The average molecular weight is 306 g/mol. The molecule has 0 amide bonds. The lowest BCUT2D eigenvalue weighted by Crippen LogP contribution is -2.26. The number of alkyl halides is 2. The monoisotopic (exact) mass is 305 g/mol. The molecule has 1 aliphatic heterocycles. The molecule has 0 saturated heterocycles. The van der Waals surface area contributed by atoms with Crippen LogP contribution in [0.25, 0.3) is 0 Å². The Labute approximate surface area is 118 Å². The first-order valence-corrected chi connectivity index (χ1v) is 6.17. The van der Waals surface area contributed by atoms with Crippen molar-refractivity contribution < 1.29 is 18.3 Å². The van der Waals surface area contributed by atoms with Gasteiger partial charge in [0, 0.05) is 5.56 Å². The molecule has 0 fully saturated rings. The summed E-state index contributed by atoms with van der Waals surface area (Å²) in [5.41, 5.74) is 7.39. The zero-order chi connectivity index (χ0) is 12.8. The molecule has 2 heterocycles. The summed E-state index contributed by atoms with van der Waals surface area (Å²) in [6.07, 6.45) is -3.62. The molecule has 0 aliphatic carbocycles. The topological polar surface area (TPSA) is 44.5 Å². The van der Waals surface area contributed by atoms with Gasteiger partial charge < -0.3 is 15.2 Å². The molecule has 1 aliphatic rings. The van der Waals surface area contributed by atoms with Crippen LogP contribution >= 0.6 is 23.7 Å². The maximum Gasteiger partial charge on any atom is 0.586 e. The van der Waals surface area contributed by atoms with Gasteiger partial charge in [0.05, 0.1) is 6.04 Å². The fourth-order valence-electron chi connectivity index (χ4n) is 1.87. The number of nitrogens with two attached hydrogens (primary N) is 1. The molecule has 1 atom stereocenters. The molecule has 7 heteroatoms.